The highest BCUT2D eigenvalue weighted by atomic mass is 35.5. The van der Waals surface area contributed by atoms with E-state index in [0.717, 1.165) is 26.8 Å². The van der Waals surface area contributed by atoms with Crippen molar-refractivity contribution in [3.8, 4) is 6.07 Å². The molecule has 0 unspecified atom stereocenters. The van der Waals surface area contributed by atoms with Crippen LogP contribution in [0.3, 0.4) is 0 Å². The number of nitriles is 1. The van der Waals surface area contributed by atoms with E-state index in [1.54, 1.807) is 24.3 Å². The van der Waals surface area contributed by atoms with Crippen molar-refractivity contribution in [3.05, 3.63) is 156 Å². The lowest BCUT2D eigenvalue weighted by molar-refractivity contribution is 0.592. The highest BCUT2D eigenvalue weighted by Gasteiger charge is 2.28. The van der Waals surface area contributed by atoms with E-state index < -0.39 is 7.14 Å². The molecule has 1 aromatic heterocycles. The Morgan fingerprint density at radius 2 is 1.05 bits per heavy atom. The molecule has 41 heavy (non-hydrogen) atoms. The molecule has 0 atom stereocenters. The topological polar surface area (TPSA) is 92.7 Å². The second kappa shape index (κ2) is 14.3. The quantitative estimate of drug-likeness (QED) is 0.0996. The smallest absolute Gasteiger partial charge is 0.224 e. The number of aromatic nitrogens is 2. The van der Waals surface area contributed by atoms with Crippen molar-refractivity contribution >= 4 is 62.8 Å². The van der Waals surface area contributed by atoms with Gasteiger partial charge in [0.25, 0.3) is 0 Å². The fourth-order valence-corrected chi connectivity index (χ4v) is 7.10. The van der Waals surface area contributed by atoms with Gasteiger partial charge in [0.15, 0.2) is 7.14 Å². The van der Waals surface area contributed by atoms with Crippen LogP contribution in [0, 0.1) is 11.3 Å². The van der Waals surface area contributed by atoms with Gasteiger partial charge in [-0.25, -0.2) is 9.97 Å². The van der Waals surface area contributed by atoms with Crippen molar-refractivity contribution in [1.29, 1.82) is 5.26 Å². The van der Waals surface area contributed by atoms with Gasteiger partial charge in [-0.3, -0.25) is 0 Å². The molecule has 0 spiro atoms. The monoisotopic (exact) mass is 594 g/mol. The summed E-state index contributed by atoms with van der Waals surface area (Å²) in [5, 5.41) is 12.4. The van der Waals surface area contributed by atoms with Gasteiger partial charge in [0, 0.05) is 27.0 Å². The van der Waals surface area contributed by atoms with Crippen molar-refractivity contribution in [3.63, 3.8) is 0 Å². The molecule has 6 rings (SSSR count). The number of nitrogen functional groups attached to an aromatic ring is 1. The summed E-state index contributed by atoms with van der Waals surface area (Å²) in [7, 11) is -2.78. The molecule has 0 bridgehead atoms. The Morgan fingerprint density at radius 3 is 1.51 bits per heavy atom. The Hall–Kier alpha value is -4.46. The molecule has 0 saturated carbocycles. The summed E-state index contributed by atoms with van der Waals surface area (Å²) < 4.78 is 13.8. The minimum Gasteiger partial charge on any atom is -0.398 e. The maximum Gasteiger partial charge on any atom is 0.224 e. The van der Waals surface area contributed by atoms with E-state index in [2.05, 4.69) is 9.97 Å². The van der Waals surface area contributed by atoms with Crippen LogP contribution in [0.25, 0.3) is 10.9 Å². The number of rotatable bonds is 3. The number of halogens is 2. The van der Waals surface area contributed by atoms with E-state index in [1.807, 2.05) is 121 Å². The SMILES string of the molecule is Clc1nc(Cl)c2ccccc2n1.N#Cc1ccccc1N.O=P(c1ccccc1)(c1ccccc1)c1ccccc1. The highest BCUT2D eigenvalue weighted by Crippen LogP contribution is 2.41. The largest absolute Gasteiger partial charge is 0.398 e. The summed E-state index contributed by atoms with van der Waals surface area (Å²) in [5.74, 6) is 0. The molecule has 6 aromatic rings. The molecule has 202 valence electrons. The van der Waals surface area contributed by atoms with Gasteiger partial charge < -0.3 is 10.3 Å². The van der Waals surface area contributed by atoms with Crippen LogP contribution in [0.5, 0.6) is 0 Å². The first-order valence-electron chi connectivity index (χ1n) is 12.5. The summed E-state index contributed by atoms with van der Waals surface area (Å²) in [4.78, 5) is 7.83. The van der Waals surface area contributed by atoms with Crippen LogP contribution in [0.1, 0.15) is 5.56 Å². The molecule has 8 heteroatoms. The Balaban J connectivity index is 0.000000156. The summed E-state index contributed by atoms with van der Waals surface area (Å²) in [6.07, 6.45) is 0. The van der Waals surface area contributed by atoms with E-state index in [-0.39, 0.29) is 5.28 Å². The first kappa shape index (κ1) is 29.5. The van der Waals surface area contributed by atoms with Gasteiger partial charge in [-0.05, 0) is 35.9 Å². The van der Waals surface area contributed by atoms with Crippen LogP contribution in [-0.2, 0) is 4.57 Å². The Kier molecular flexibility index (Phi) is 10.3. The molecule has 5 aromatic carbocycles. The van der Waals surface area contributed by atoms with Gasteiger partial charge in [-0.15, -0.1) is 0 Å². The van der Waals surface area contributed by atoms with Crippen LogP contribution in [0.4, 0.5) is 5.69 Å². The Bertz CT molecular complexity index is 1710. The molecule has 2 N–H and O–H groups in total. The Morgan fingerprint density at radius 1 is 0.610 bits per heavy atom. The van der Waals surface area contributed by atoms with Crippen LogP contribution in [-0.4, -0.2) is 9.97 Å². The molecule has 0 radical (unpaired) electrons. The van der Waals surface area contributed by atoms with E-state index in [0.29, 0.717) is 16.4 Å². The van der Waals surface area contributed by atoms with E-state index >= 15 is 0 Å². The fraction of sp³-hybridized carbons (Fsp3) is 0. The average Bonchev–Trinajstić information content (AvgIpc) is 3.03. The van der Waals surface area contributed by atoms with Gasteiger partial charge in [0.2, 0.25) is 5.28 Å². The number of nitrogens with two attached hydrogens (primary N) is 1. The van der Waals surface area contributed by atoms with Gasteiger partial charge in [0.05, 0.1) is 11.1 Å². The molecule has 0 amide bonds. The average molecular weight is 595 g/mol. The molecule has 0 aliphatic rings. The fourth-order valence-electron chi connectivity index (χ4n) is 3.97. The third-order valence-corrected chi connectivity index (χ3v) is 9.50. The predicted molar refractivity (Wildman–Crippen MR) is 171 cm³/mol. The third-order valence-electron chi connectivity index (χ3n) is 5.97. The van der Waals surface area contributed by atoms with E-state index in [9.17, 15) is 4.57 Å². The zero-order valence-electron chi connectivity index (χ0n) is 21.8. The summed E-state index contributed by atoms with van der Waals surface area (Å²) in [5.41, 5.74) is 7.26. The zero-order chi connectivity index (χ0) is 29.1. The third kappa shape index (κ3) is 7.39. The number of anilines is 1. The van der Waals surface area contributed by atoms with Crippen molar-refractivity contribution < 1.29 is 4.57 Å². The molecule has 0 saturated heterocycles. The lowest BCUT2D eigenvalue weighted by atomic mass is 10.2. The van der Waals surface area contributed by atoms with Crippen LogP contribution in [0.15, 0.2) is 140 Å². The van der Waals surface area contributed by atoms with Gasteiger partial charge in [0.1, 0.15) is 11.2 Å². The minimum absolute atomic E-state index is 0.179. The lowest BCUT2D eigenvalue weighted by Gasteiger charge is -2.19. The van der Waals surface area contributed by atoms with Gasteiger partial charge >= 0.3 is 0 Å². The van der Waals surface area contributed by atoms with Crippen molar-refractivity contribution in [2.75, 3.05) is 5.73 Å². The minimum atomic E-state index is -2.78. The number of hydrogen-bond acceptors (Lipinski definition) is 5. The van der Waals surface area contributed by atoms with Crippen molar-refractivity contribution in [2.45, 2.75) is 0 Å². The number of hydrogen-bond donors (Lipinski definition) is 1. The number of benzene rings is 5. The first-order chi connectivity index (χ1) is 19.9. The molecule has 5 nitrogen and oxygen atoms in total. The normalized spacial score (nSPS) is 10.4. The van der Waals surface area contributed by atoms with Crippen LogP contribution >= 0.6 is 30.3 Å². The molecule has 0 fully saturated rings. The van der Waals surface area contributed by atoms with Crippen LogP contribution < -0.4 is 21.6 Å². The molecular formula is C33H25Cl2N4OP. The van der Waals surface area contributed by atoms with E-state index in [4.69, 9.17) is 34.2 Å². The molecule has 1 heterocycles. The Labute approximate surface area is 249 Å². The summed E-state index contributed by atoms with van der Waals surface area (Å²) >= 11 is 11.4. The van der Waals surface area contributed by atoms with Gasteiger partial charge in [-0.2, -0.15) is 5.26 Å². The number of nitrogens with zero attached hydrogens (tertiary/aromatic N) is 3. The maximum absolute atomic E-state index is 13.8. The maximum atomic E-state index is 13.8. The number of para-hydroxylation sites is 2. The van der Waals surface area contributed by atoms with Crippen molar-refractivity contribution in [1.82, 2.24) is 9.97 Å². The van der Waals surface area contributed by atoms with Gasteiger partial charge in [-0.1, -0.05) is 127 Å². The highest BCUT2D eigenvalue weighted by molar-refractivity contribution is 7.85. The standard InChI is InChI=1S/C18H15OP.C8H4Cl2N2.C7H6N2/c19-20(16-10-4-1-5-11-16,17-12-6-2-7-13-17)18-14-8-3-9-15-18;9-7-5-3-1-2-4-6(5)11-8(10)12-7;8-5-6-3-1-2-4-7(6)9/h1-15H;1-4H;1-4H,9H2. The predicted octanol–water partition coefficient (Wildman–Crippen LogP) is 7.40. The number of fused-ring (bicyclic) bond motifs is 1. The second-order valence-electron chi connectivity index (χ2n) is 8.62. The molecule has 0 aliphatic carbocycles. The summed E-state index contributed by atoms with van der Waals surface area (Å²) in [6.45, 7) is 0. The first-order valence-corrected chi connectivity index (χ1v) is 15.0. The lowest BCUT2D eigenvalue weighted by Crippen LogP contribution is -2.24. The molecule has 0 aliphatic heterocycles. The van der Waals surface area contributed by atoms with Crippen molar-refractivity contribution in [2.24, 2.45) is 0 Å². The summed E-state index contributed by atoms with van der Waals surface area (Å²) in [6, 6.07) is 45.6. The second-order valence-corrected chi connectivity index (χ2v) is 12.1. The zero-order valence-corrected chi connectivity index (χ0v) is 24.2. The van der Waals surface area contributed by atoms with E-state index in [1.165, 1.54) is 0 Å². The molecular weight excluding hydrogens is 570 g/mol. The van der Waals surface area contributed by atoms with Crippen LogP contribution in [0.2, 0.25) is 10.4 Å².